The van der Waals surface area contributed by atoms with Gasteiger partial charge in [-0.3, -0.25) is 4.79 Å². The highest BCUT2D eigenvalue weighted by Gasteiger charge is 2.34. The van der Waals surface area contributed by atoms with E-state index < -0.39 is 0 Å². The first-order valence-corrected chi connectivity index (χ1v) is 9.42. The number of nitrogens with zero attached hydrogens (tertiary/aromatic N) is 3. The molecule has 1 aliphatic heterocycles. The maximum absolute atomic E-state index is 12.7. The summed E-state index contributed by atoms with van der Waals surface area (Å²) in [4.78, 5) is 20.2. The number of aromatic nitrogens is 2. The molecule has 2 aromatic heterocycles. The van der Waals surface area contributed by atoms with Crippen molar-refractivity contribution in [2.24, 2.45) is 0 Å². The van der Waals surface area contributed by atoms with E-state index in [2.05, 4.69) is 10.1 Å². The van der Waals surface area contributed by atoms with Crippen molar-refractivity contribution in [1.29, 1.82) is 0 Å². The van der Waals surface area contributed by atoms with Crippen molar-refractivity contribution in [3.05, 3.63) is 52.5 Å². The van der Waals surface area contributed by atoms with Gasteiger partial charge in [-0.05, 0) is 36.4 Å². The third-order valence-electron chi connectivity index (χ3n) is 4.53. The standard InChI is InChI=1S/C19H19N3O3S/c1-24-14-6-2-5-13(11-14)18-20-19(25-21-18)16-8-3-9-22(16)17(23)12-15-7-4-10-26-15/h2,4-7,10-11,16H,3,8-9,12H2,1H3. The van der Waals surface area contributed by atoms with Crippen LogP contribution in [0.5, 0.6) is 5.75 Å². The number of hydrogen-bond donors (Lipinski definition) is 0. The molecular formula is C19H19N3O3S. The highest BCUT2D eigenvalue weighted by Crippen LogP contribution is 2.33. The molecule has 6 nitrogen and oxygen atoms in total. The second-order valence-electron chi connectivity index (χ2n) is 6.19. The van der Waals surface area contributed by atoms with Crippen LogP contribution in [-0.4, -0.2) is 34.6 Å². The third-order valence-corrected chi connectivity index (χ3v) is 5.41. The van der Waals surface area contributed by atoms with Gasteiger partial charge < -0.3 is 14.2 Å². The molecule has 0 aliphatic carbocycles. The molecule has 1 aromatic carbocycles. The second kappa shape index (κ2) is 7.29. The minimum atomic E-state index is -0.144. The molecule has 1 atom stereocenters. The van der Waals surface area contributed by atoms with Crippen LogP contribution in [-0.2, 0) is 11.2 Å². The van der Waals surface area contributed by atoms with E-state index in [1.807, 2.05) is 46.7 Å². The molecule has 1 saturated heterocycles. The van der Waals surface area contributed by atoms with Crippen molar-refractivity contribution in [3.63, 3.8) is 0 Å². The summed E-state index contributed by atoms with van der Waals surface area (Å²) in [6, 6.07) is 11.3. The fraction of sp³-hybridized carbons (Fsp3) is 0.316. The zero-order valence-corrected chi connectivity index (χ0v) is 15.2. The molecule has 26 heavy (non-hydrogen) atoms. The van der Waals surface area contributed by atoms with Gasteiger partial charge >= 0.3 is 0 Å². The van der Waals surface area contributed by atoms with Gasteiger partial charge in [0, 0.05) is 17.0 Å². The molecule has 0 bridgehead atoms. The average molecular weight is 369 g/mol. The Hall–Kier alpha value is -2.67. The molecule has 0 spiro atoms. The summed E-state index contributed by atoms with van der Waals surface area (Å²) in [6.45, 7) is 0.728. The van der Waals surface area contributed by atoms with Crippen molar-refractivity contribution in [1.82, 2.24) is 15.0 Å². The lowest BCUT2D eigenvalue weighted by molar-refractivity contribution is -0.131. The maximum Gasteiger partial charge on any atom is 0.249 e. The van der Waals surface area contributed by atoms with Crippen molar-refractivity contribution < 1.29 is 14.1 Å². The summed E-state index contributed by atoms with van der Waals surface area (Å²) in [6.07, 6.45) is 2.21. The molecule has 3 aromatic rings. The van der Waals surface area contributed by atoms with Gasteiger partial charge in [0.15, 0.2) is 0 Å². The van der Waals surface area contributed by atoms with Gasteiger partial charge in [-0.15, -0.1) is 11.3 Å². The van der Waals surface area contributed by atoms with E-state index in [9.17, 15) is 4.79 Å². The number of carbonyl (C=O) groups is 1. The number of ether oxygens (including phenoxy) is 1. The van der Waals surface area contributed by atoms with Crippen LogP contribution in [0.2, 0.25) is 0 Å². The highest BCUT2D eigenvalue weighted by atomic mass is 32.1. The topological polar surface area (TPSA) is 68.5 Å². The van der Waals surface area contributed by atoms with Crippen LogP contribution in [0.1, 0.15) is 29.7 Å². The van der Waals surface area contributed by atoms with Crippen LogP contribution in [0.15, 0.2) is 46.3 Å². The average Bonchev–Trinajstić information content (AvgIpc) is 3.41. The molecular weight excluding hydrogens is 350 g/mol. The largest absolute Gasteiger partial charge is 0.497 e. The van der Waals surface area contributed by atoms with Crippen molar-refractivity contribution >= 4 is 17.2 Å². The molecule has 1 amide bonds. The molecule has 1 aliphatic rings. The van der Waals surface area contributed by atoms with Crippen LogP contribution in [0.4, 0.5) is 0 Å². The van der Waals surface area contributed by atoms with Crippen molar-refractivity contribution in [2.45, 2.75) is 25.3 Å². The van der Waals surface area contributed by atoms with E-state index in [-0.39, 0.29) is 11.9 Å². The smallest absolute Gasteiger partial charge is 0.249 e. The van der Waals surface area contributed by atoms with Crippen LogP contribution in [0.3, 0.4) is 0 Å². The van der Waals surface area contributed by atoms with Gasteiger partial charge in [0.25, 0.3) is 0 Å². The number of carbonyl (C=O) groups excluding carboxylic acids is 1. The molecule has 0 N–H and O–H groups in total. The monoisotopic (exact) mass is 369 g/mol. The molecule has 3 heterocycles. The fourth-order valence-corrected chi connectivity index (χ4v) is 3.93. The Labute approximate surface area is 155 Å². The Morgan fingerprint density at radius 3 is 3.12 bits per heavy atom. The summed E-state index contributed by atoms with van der Waals surface area (Å²) >= 11 is 1.60. The van der Waals surface area contributed by atoms with E-state index in [1.54, 1.807) is 18.4 Å². The van der Waals surface area contributed by atoms with Crippen LogP contribution in [0, 0.1) is 0 Å². The summed E-state index contributed by atoms with van der Waals surface area (Å²) in [5, 5.41) is 6.09. The van der Waals surface area contributed by atoms with Crippen molar-refractivity contribution in [2.75, 3.05) is 13.7 Å². The van der Waals surface area contributed by atoms with Gasteiger partial charge in [-0.2, -0.15) is 4.98 Å². The van der Waals surface area contributed by atoms with E-state index in [0.29, 0.717) is 18.1 Å². The normalized spacial score (nSPS) is 16.8. The lowest BCUT2D eigenvalue weighted by Gasteiger charge is -2.21. The van der Waals surface area contributed by atoms with E-state index in [0.717, 1.165) is 35.6 Å². The zero-order valence-electron chi connectivity index (χ0n) is 14.4. The summed E-state index contributed by atoms with van der Waals surface area (Å²) in [5.41, 5.74) is 0.828. The number of likely N-dealkylation sites (tertiary alicyclic amines) is 1. The molecule has 1 unspecified atom stereocenters. The first-order chi connectivity index (χ1) is 12.7. The number of benzene rings is 1. The molecule has 0 saturated carbocycles. The maximum atomic E-state index is 12.7. The fourth-order valence-electron chi connectivity index (χ4n) is 3.24. The molecule has 134 valence electrons. The molecule has 4 rings (SSSR count). The first kappa shape index (κ1) is 16.8. The molecule has 7 heteroatoms. The summed E-state index contributed by atoms with van der Waals surface area (Å²) < 4.78 is 10.7. The van der Waals surface area contributed by atoms with E-state index in [4.69, 9.17) is 9.26 Å². The highest BCUT2D eigenvalue weighted by molar-refractivity contribution is 7.10. The predicted octanol–water partition coefficient (Wildman–Crippen LogP) is 3.71. The zero-order chi connectivity index (χ0) is 17.9. The Morgan fingerprint density at radius 1 is 1.38 bits per heavy atom. The second-order valence-corrected chi connectivity index (χ2v) is 7.22. The molecule has 0 radical (unpaired) electrons. The van der Waals surface area contributed by atoms with Crippen LogP contribution >= 0.6 is 11.3 Å². The van der Waals surface area contributed by atoms with E-state index >= 15 is 0 Å². The van der Waals surface area contributed by atoms with Gasteiger partial charge in [0.2, 0.25) is 17.6 Å². The quantitative estimate of drug-likeness (QED) is 0.686. The van der Waals surface area contributed by atoms with Gasteiger partial charge in [0.1, 0.15) is 11.8 Å². The Kier molecular flexibility index (Phi) is 4.71. The number of rotatable bonds is 5. The summed E-state index contributed by atoms with van der Waals surface area (Å²) in [5.74, 6) is 1.86. The Morgan fingerprint density at radius 2 is 2.31 bits per heavy atom. The van der Waals surface area contributed by atoms with Gasteiger partial charge in [-0.1, -0.05) is 23.4 Å². The lowest BCUT2D eigenvalue weighted by Crippen LogP contribution is -2.31. The number of amides is 1. The number of methoxy groups -OCH3 is 1. The van der Waals surface area contributed by atoms with Crippen LogP contribution < -0.4 is 4.74 Å². The Balaban J connectivity index is 1.53. The minimum Gasteiger partial charge on any atom is -0.497 e. The lowest BCUT2D eigenvalue weighted by atomic mass is 10.2. The van der Waals surface area contributed by atoms with Crippen molar-refractivity contribution in [3.8, 4) is 17.1 Å². The predicted molar refractivity (Wildman–Crippen MR) is 98.0 cm³/mol. The van der Waals surface area contributed by atoms with Gasteiger partial charge in [0.05, 0.1) is 13.5 Å². The third kappa shape index (κ3) is 3.35. The SMILES string of the molecule is COc1cccc(-c2noc(C3CCCN3C(=O)Cc3cccs3)n2)c1. The molecule has 1 fully saturated rings. The summed E-state index contributed by atoms with van der Waals surface area (Å²) in [7, 11) is 1.62. The van der Waals surface area contributed by atoms with E-state index in [1.165, 1.54) is 0 Å². The Bertz CT molecular complexity index is 891. The number of hydrogen-bond acceptors (Lipinski definition) is 6. The first-order valence-electron chi connectivity index (χ1n) is 8.54. The minimum absolute atomic E-state index is 0.107. The number of thiophene rings is 1. The van der Waals surface area contributed by atoms with Crippen LogP contribution in [0.25, 0.3) is 11.4 Å². The van der Waals surface area contributed by atoms with Gasteiger partial charge in [-0.25, -0.2) is 0 Å².